The van der Waals surface area contributed by atoms with Crippen molar-refractivity contribution in [1.82, 2.24) is 9.55 Å². The van der Waals surface area contributed by atoms with Gasteiger partial charge in [-0.25, -0.2) is 4.98 Å². The first-order valence-corrected chi connectivity index (χ1v) is 8.02. The number of hydrogen-bond acceptors (Lipinski definition) is 6. The molecule has 0 radical (unpaired) electrons. The number of nitro benzene ring substituents is 1. The van der Waals surface area contributed by atoms with Gasteiger partial charge in [0, 0.05) is 11.1 Å². The molecule has 0 aliphatic carbocycles. The number of rotatable bonds is 6. The van der Waals surface area contributed by atoms with Crippen LogP contribution in [0.2, 0.25) is 5.02 Å². The minimum atomic E-state index is -1.00. The van der Waals surface area contributed by atoms with E-state index in [9.17, 15) is 20.0 Å². The van der Waals surface area contributed by atoms with Crippen molar-refractivity contribution in [1.29, 1.82) is 0 Å². The lowest BCUT2D eigenvalue weighted by molar-refractivity contribution is -0.384. The summed E-state index contributed by atoms with van der Waals surface area (Å²) in [6.07, 6.45) is 0.330. The Morgan fingerprint density at radius 2 is 2.12 bits per heavy atom. The Balaban J connectivity index is 1.69. The van der Waals surface area contributed by atoms with Gasteiger partial charge in [0.15, 0.2) is 0 Å². The summed E-state index contributed by atoms with van der Waals surface area (Å²) in [5.41, 5.74) is 0.0627. The van der Waals surface area contributed by atoms with Crippen molar-refractivity contribution in [3.05, 3.63) is 74.3 Å². The fraction of sp³-hybridized carbons (Fsp3) is 0.176. The van der Waals surface area contributed by atoms with Crippen LogP contribution in [0.1, 0.15) is 0 Å². The second-order valence-corrected chi connectivity index (χ2v) is 6.02. The van der Waals surface area contributed by atoms with E-state index in [1.54, 1.807) is 24.3 Å². The Hall–Kier alpha value is -2.97. The number of aliphatic hydroxyl groups excluding tert-OH is 1. The molecule has 0 spiro atoms. The lowest BCUT2D eigenvalue weighted by atomic mass is 10.2. The first-order chi connectivity index (χ1) is 12.4. The lowest BCUT2D eigenvalue weighted by Gasteiger charge is -2.14. The molecule has 2 aromatic carbocycles. The molecule has 0 saturated carbocycles. The summed E-state index contributed by atoms with van der Waals surface area (Å²) in [6, 6.07) is 10.4. The Bertz CT molecular complexity index is 1020. The minimum Gasteiger partial charge on any atom is -0.491 e. The summed E-state index contributed by atoms with van der Waals surface area (Å²) in [6.45, 7) is -0.161. The SMILES string of the molecule is O=c1c2ccc(Cl)cc2ncn1CC(O)COc1cccc([N+](=O)[O-])c1. The highest BCUT2D eigenvalue weighted by Crippen LogP contribution is 2.19. The van der Waals surface area contributed by atoms with Crippen LogP contribution in [-0.2, 0) is 6.54 Å². The first kappa shape index (κ1) is 17.8. The zero-order valence-electron chi connectivity index (χ0n) is 13.4. The fourth-order valence-corrected chi connectivity index (χ4v) is 2.59. The maximum atomic E-state index is 12.4. The van der Waals surface area contributed by atoms with E-state index in [2.05, 4.69) is 4.98 Å². The maximum Gasteiger partial charge on any atom is 0.273 e. The van der Waals surface area contributed by atoms with Gasteiger partial charge >= 0.3 is 0 Å². The Labute approximate surface area is 152 Å². The molecule has 1 unspecified atom stereocenters. The molecule has 0 aliphatic rings. The van der Waals surface area contributed by atoms with E-state index in [-0.39, 0.29) is 30.1 Å². The fourth-order valence-electron chi connectivity index (χ4n) is 2.42. The van der Waals surface area contributed by atoms with Gasteiger partial charge in [-0.05, 0) is 24.3 Å². The second-order valence-electron chi connectivity index (χ2n) is 5.58. The van der Waals surface area contributed by atoms with Crippen molar-refractivity contribution in [2.45, 2.75) is 12.6 Å². The smallest absolute Gasteiger partial charge is 0.273 e. The molecule has 8 nitrogen and oxygen atoms in total. The number of nitrogens with zero attached hydrogens (tertiary/aromatic N) is 3. The van der Waals surface area contributed by atoms with Crippen molar-refractivity contribution in [2.24, 2.45) is 0 Å². The summed E-state index contributed by atoms with van der Waals surface area (Å²) in [4.78, 5) is 26.8. The number of aliphatic hydroxyl groups is 1. The van der Waals surface area contributed by atoms with Gasteiger partial charge in [0.05, 0.1) is 34.8 Å². The highest BCUT2D eigenvalue weighted by molar-refractivity contribution is 6.31. The summed E-state index contributed by atoms with van der Waals surface area (Å²) in [5, 5.41) is 21.7. The molecule has 0 fully saturated rings. The van der Waals surface area contributed by atoms with Crippen LogP contribution in [0, 0.1) is 10.1 Å². The zero-order valence-corrected chi connectivity index (χ0v) is 14.2. The number of hydrogen-bond donors (Lipinski definition) is 1. The van der Waals surface area contributed by atoms with Gasteiger partial charge in [-0.3, -0.25) is 19.5 Å². The molecule has 1 N–H and O–H groups in total. The summed E-state index contributed by atoms with van der Waals surface area (Å²) >= 11 is 5.88. The van der Waals surface area contributed by atoms with Crippen molar-refractivity contribution < 1.29 is 14.8 Å². The highest BCUT2D eigenvalue weighted by atomic mass is 35.5. The van der Waals surface area contributed by atoms with Crippen molar-refractivity contribution in [3.8, 4) is 5.75 Å². The molecule has 1 atom stereocenters. The van der Waals surface area contributed by atoms with Crippen LogP contribution in [0.15, 0.2) is 53.6 Å². The van der Waals surface area contributed by atoms with Crippen LogP contribution in [0.4, 0.5) is 5.69 Å². The van der Waals surface area contributed by atoms with E-state index in [1.807, 2.05) is 0 Å². The minimum absolute atomic E-state index is 0.0284. The van der Waals surface area contributed by atoms with E-state index in [0.29, 0.717) is 15.9 Å². The predicted octanol–water partition coefficient (Wildman–Crippen LogP) is 2.40. The molecule has 26 heavy (non-hydrogen) atoms. The highest BCUT2D eigenvalue weighted by Gasteiger charge is 2.12. The third kappa shape index (κ3) is 3.98. The van der Waals surface area contributed by atoms with E-state index in [0.717, 1.165) is 0 Å². The Morgan fingerprint density at radius 1 is 1.31 bits per heavy atom. The largest absolute Gasteiger partial charge is 0.491 e. The van der Waals surface area contributed by atoms with Crippen molar-refractivity contribution >= 4 is 28.2 Å². The van der Waals surface area contributed by atoms with Crippen LogP contribution in [-0.4, -0.2) is 32.3 Å². The molecule has 1 aromatic heterocycles. The number of nitro groups is 1. The molecule has 134 valence electrons. The first-order valence-electron chi connectivity index (χ1n) is 7.64. The number of non-ortho nitro benzene ring substituents is 1. The molecular weight excluding hydrogens is 362 g/mol. The van der Waals surface area contributed by atoms with Crippen LogP contribution < -0.4 is 10.3 Å². The summed E-state index contributed by atoms with van der Waals surface area (Å²) in [5.74, 6) is 0.261. The van der Waals surface area contributed by atoms with Crippen LogP contribution in [0.5, 0.6) is 5.75 Å². The van der Waals surface area contributed by atoms with Gasteiger partial charge in [-0.1, -0.05) is 17.7 Å². The second kappa shape index (κ2) is 7.51. The van der Waals surface area contributed by atoms with Crippen molar-refractivity contribution in [3.63, 3.8) is 0 Å². The average Bonchev–Trinajstić information content (AvgIpc) is 2.62. The van der Waals surface area contributed by atoms with Crippen LogP contribution >= 0.6 is 11.6 Å². The third-order valence-electron chi connectivity index (χ3n) is 3.67. The number of halogens is 1. The summed E-state index contributed by atoms with van der Waals surface area (Å²) < 4.78 is 6.64. The molecule has 0 amide bonds. The van der Waals surface area contributed by atoms with Crippen LogP contribution in [0.25, 0.3) is 10.9 Å². The van der Waals surface area contributed by atoms with Gasteiger partial charge < -0.3 is 9.84 Å². The predicted molar refractivity (Wildman–Crippen MR) is 95.6 cm³/mol. The monoisotopic (exact) mass is 375 g/mol. The topological polar surface area (TPSA) is 107 Å². The van der Waals surface area contributed by atoms with Gasteiger partial charge in [-0.2, -0.15) is 0 Å². The molecular formula is C17H14ClN3O5. The van der Waals surface area contributed by atoms with Gasteiger partial charge in [0.2, 0.25) is 0 Å². The molecule has 0 saturated heterocycles. The third-order valence-corrected chi connectivity index (χ3v) is 3.90. The van der Waals surface area contributed by atoms with Crippen LogP contribution in [0.3, 0.4) is 0 Å². The number of benzene rings is 2. The van der Waals surface area contributed by atoms with Gasteiger partial charge in [-0.15, -0.1) is 0 Å². The zero-order chi connectivity index (χ0) is 18.7. The van der Waals surface area contributed by atoms with E-state index < -0.39 is 11.0 Å². The van der Waals surface area contributed by atoms with Crippen molar-refractivity contribution in [2.75, 3.05) is 6.61 Å². The number of ether oxygens (including phenoxy) is 1. The Kier molecular flexibility index (Phi) is 5.15. The quantitative estimate of drug-likeness (QED) is 0.523. The standard InChI is InChI=1S/C17H14ClN3O5/c18-11-4-5-15-16(6-11)19-10-20(17(15)23)8-13(22)9-26-14-3-1-2-12(7-14)21(24)25/h1-7,10,13,22H,8-9H2. The van der Waals surface area contributed by atoms with E-state index >= 15 is 0 Å². The Morgan fingerprint density at radius 3 is 2.88 bits per heavy atom. The lowest BCUT2D eigenvalue weighted by Crippen LogP contribution is -2.30. The number of fused-ring (bicyclic) bond motifs is 1. The maximum absolute atomic E-state index is 12.4. The molecule has 9 heteroatoms. The van der Waals surface area contributed by atoms with E-state index in [1.165, 1.54) is 29.1 Å². The van der Waals surface area contributed by atoms with Gasteiger partial charge in [0.1, 0.15) is 18.5 Å². The molecule has 0 bridgehead atoms. The van der Waals surface area contributed by atoms with Gasteiger partial charge in [0.25, 0.3) is 11.2 Å². The molecule has 0 aliphatic heterocycles. The average molecular weight is 376 g/mol. The molecule has 1 heterocycles. The molecule has 3 rings (SSSR count). The van der Waals surface area contributed by atoms with E-state index in [4.69, 9.17) is 16.3 Å². The molecule has 3 aromatic rings. The number of aromatic nitrogens is 2. The normalized spacial score (nSPS) is 12.1. The summed E-state index contributed by atoms with van der Waals surface area (Å²) in [7, 11) is 0.